The van der Waals surface area contributed by atoms with Crippen molar-refractivity contribution in [1.82, 2.24) is 0 Å². The summed E-state index contributed by atoms with van der Waals surface area (Å²) in [7, 11) is -3.36. The molecule has 0 aliphatic heterocycles. The minimum atomic E-state index is -3.36. The molecule has 0 aliphatic carbocycles. The summed E-state index contributed by atoms with van der Waals surface area (Å²) >= 11 is 1.58. The van der Waals surface area contributed by atoms with E-state index in [-0.39, 0.29) is 18.1 Å². The molecule has 2 aromatic rings. The molecule has 2 rings (SSSR count). The quantitative estimate of drug-likeness (QED) is 0.888. The van der Waals surface area contributed by atoms with E-state index in [1.807, 2.05) is 35.7 Å². The molecular formula is C15H15NO3S2. The first-order chi connectivity index (χ1) is 10.0. The number of benzene rings is 1. The van der Waals surface area contributed by atoms with Crippen molar-refractivity contribution < 1.29 is 13.2 Å². The maximum Gasteiger partial charge on any atom is 0.225 e. The Labute approximate surface area is 128 Å². The van der Waals surface area contributed by atoms with Crippen LogP contribution in [-0.2, 0) is 14.6 Å². The van der Waals surface area contributed by atoms with Gasteiger partial charge in [0.1, 0.15) is 0 Å². The van der Waals surface area contributed by atoms with Crippen LogP contribution < -0.4 is 5.32 Å². The fourth-order valence-corrected chi connectivity index (χ4v) is 3.17. The van der Waals surface area contributed by atoms with Crippen molar-refractivity contribution >= 4 is 32.8 Å². The number of carbonyl (C=O) groups excluding carboxylic acids is 1. The van der Waals surface area contributed by atoms with Crippen LogP contribution in [0.15, 0.2) is 53.8 Å². The fraction of sp³-hybridized carbons (Fsp3) is 0.133. The van der Waals surface area contributed by atoms with Gasteiger partial charge in [-0.3, -0.25) is 4.79 Å². The van der Waals surface area contributed by atoms with Gasteiger partial charge in [-0.25, -0.2) is 8.42 Å². The van der Waals surface area contributed by atoms with Gasteiger partial charge in [0, 0.05) is 28.0 Å². The van der Waals surface area contributed by atoms with Crippen LogP contribution in [0.5, 0.6) is 0 Å². The van der Waals surface area contributed by atoms with Crippen molar-refractivity contribution in [3.05, 3.63) is 53.8 Å². The highest BCUT2D eigenvalue weighted by Gasteiger charge is 2.12. The molecule has 1 amide bonds. The average Bonchev–Trinajstić information content (AvgIpc) is 3.00. The Balaban J connectivity index is 2.10. The van der Waals surface area contributed by atoms with Gasteiger partial charge in [0.2, 0.25) is 5.91 Å². The molecule has 0 bridgehead atoms. The normalized spacial score (nSPS) is 11.0. The van der Waals surface area contributed by atoms with Gasteiger partial charge in [0.15, 0.2) is 9.84 Å². The van der Waals surface area contributed by atoms with Crippen LogP contribution in [0, 0.1) is 0 Å². The van der Waals surface area contributed by atoms with Gasteiger partial charge in [-0.2, -0.15) is 0 Å². The molecular weight excluding hydrogens is 306 g/mol. The third-order valence-electron chi connectivity index (χ3n) is 2.86. The number of rotatable bonds is 6. The summed E-state index contributed by atoms with van der Waals surface area (Å²) in [6, 6.07) is 11.4. The average molecular weight is 321 g/mol. The van der Waals surface area contributed by atoms with E-state index in [2.05, 4.69) is 11.9 Å². The summed E-state index contributed by atoms with van der Waals surface area (Å²) < 4.78 is 22.6. The zero-order chi connectivity index (χ0) is 15.3. The van der Waals surface area contributed by atoms with E-state index in [4.69, 9.17) is 0 Å². The Morgan fingerprint density at radius 3 is 2.67 bits per heavy atom. The molecule has 4 nitrogen and oxygen atoms in total. The van der Waals surface area contributed by atoms with Gasteiger partial charge < -0.3 is 5.32 Å². The van der Waals surface area contributed by atoms with Gasteiger partial charge in [-0.1, -0.05) is 30.8 Å². The molecule has 21 heavy (non-hydrogen) atoms. The maximum atomic E-state index is 11.9. The Morgan fingerprint density at radius 2 is 2.00 bits per heavy atom. The van der Waals surface area contributed by atoms with Crippen molar-refractivity contribution in [3.63, 3.8) is 0 Å². The lowest BCUT2D eigenvalue weighted by atomic mass is 10.1. The van der Waals surface area contributed by atoms with E-state index < -0.39 is 9.84 Å². The standard InChI is InChI=1S/C15H15NO3S2/c1-2-21(18,19)11-9-15(17)16-13-7-4-3-6-12(13)14-8-5-10-20-14/h2-8,10H,1,9,11H2,(H,16,17). The molecule has 1 aromatic carbocycles. The summed E-state index contributed by atoms with van der Waals surface area (Å²) in [4.78, 5) is 12.9. The number of hydrogen-bond donors (Lipinski definition) is 1. The molecule has 0 fully saturated rings. The maximum absolute atomic E-state index is 11.9. The summed E-state index contributed by atoms with van der Waals surface area (Å²) in [6.07, 6.45) is -0.0902. The molecule has 1 aromatic heterocycles. The van der Waals surface area contributed by atoms with Crippen LogP contribution in [0.25, 0.3) is 10.4 Å². The lowest BCUT2D eigenvalue weighted by molar-refractivity contribution is -0.115. The van der Waals surface area contributed by atoms with Crippen molar-refractivity contribution in [3.8, 4) is 10.4 Å². The summed E-state index contributed by atoms with van der Waals surface area (Å²) in [6.45, 7) is 3.22. The van der Waals surface area contributed by atoms with E-state index in [0.29, 0.717) is 5.69 Å². The van der Waals surface area contributed by atoms with Crippen molar-refractivity contribution in [2.24, 2.45) is 0 Å². The van der Waals surface area contributed by atoms with E-state index in [0.717, 1.165) is 15.8 Å². The van der Waals surface area contributed by atoms with Gasteiger partial charge in [-0.05, 0) is 17.5 Å². The Bertz CT molecular complexity index is 734. The van der Waals surface area contributed by atoms with Crippen LogP contribution in [0.1, 0.15) is 6.42 Å². The first kappa shape index (κ1) is 15.5. The number of nitrogens with one attached hydrogen (secondary N) is 1. The Hall–Kier alpha value is -1.92. The second kappa shape index (κ2) is 6.69. The molecule has 0 unspecified atom stereocenters. The third-order valence-corrected chi connectivity index (χ3v) is 5.04. The van der Waals surface area contributed by atoms with Crippen LogP contribution in [0.3, 0.4) is 0 Å². The Morgan fingerprint density at radius 1 is 1.24 bits per heavy atom. The van der Waals surface area contributed by atoms with Gasteiger partial charge in [0.05, 0.1) is 5.75 Å². The largest absolute Gasteiger partial charge is 0.325 e. The van der Waals surface area contributed by atoms with Crippen molar-refractivity contribution in [2.75, 3.05) is 11.1 Å². The van der Waals surface area contributed by atoms with Crippen LogP contribution >= 0.6 is 11.3 Å². The summed E-state index contributed by atoms with van der Waals surface area (Å²) in [5.41, 5.74) is 1.60. The number of hydrogen-bond acceptors (Lipinski definition) is 4. The van der Waals surface area contributed by atoms with E-state index in [1.54, 1.807) is 17.4 Å². The zero-order valence-corrected chi connectivity index (χ0v) is 12.9. The molecule has 0 spiro atoms. The lowest BCUT2D eigenvalue weighted by Gasteiger charge is -2.09. The van der Waals surface area contributed by atoms with Crippen molar-refractivity contribution in [2.45, 2.75) is 6.42 Å². The number of para-hydroxylation sites is 1. The van der Waals surface area contributed by atoms with Crippen molar-refractivity contribution in [1.29, 1.82) is 0 Å². The fourth-order valence-electron chi connectivity index (χ4n) is 1.77. The number of anilines is 1. The van der Waals surface area contributed by atoms with E-state index in [1.165, 1.54) is 0 Å². The lowest BCUT2D eigenvalue weighted by Crippen LogP contribution is -2.16. The first-order valence-corrected chi connectivity index (χ1v) is 8.89. The van der Waals surface area contributed by atoms with Gasteiger partial charge >= 0.3 is 0 Å². The SMILES string of the molecule is C=CS(=O)(=O)CCC(=O)Nc1ccccc1-c1cccs1. The third kappa shape index (κ3) is 4.27. The Kier molecular flexibility index (Phi) is 4.93. The number of thiophene rings is 1. The predicted molar refractivity (Wildman–Crippen MR) is 87.0 cm³/mol. The highest BCUT2D eigenvalue weighted by atomic mass is 32.2. The second-order valence-electron chi connectivity index (χ2n) is 4.35. The smallest absolute Gasteiger partial charge is 0.225 e. The molecule has 1 heterocycles. The zero-order valence-electron chi connectivity index (χ0n) is 11.3. The summed E-state index contributed by atoms with van der Waals surface area (Å²) in [5.74, 6) is -0.562. The highest BCUT2D eigenvalue weighted by Crippen LogP contribution is 2.31. The summed E-state index contributed by atoms with van der Waals surface area (Å²) in [5, 5.41) is 5.60. The van der Waals surface area contributed by atoms with Crippen LogP contribution in [0.2, 0.25) is 0 Å². The number of sulfone groups is 1. The molecule has 6 heteroatoms. The minimum Gasteiger partial charge on any atom is -0.325 e. The van der Waals surface area contributed by atoms with E-state index in [9.17, 15) is 13.2 Å². The number of amides is 1. The molecule has 0 radical (unpaired) electrons. The molecule has 0 aliphatic rings. The second-order valence-corrected chi connectivity index (χ2v) is 7.37. The molecule has 0 atom stereocenters. The van der Waals surface area contributed by atoms with E-state index >= 15 is 0 Å². The minimum absolute atomic E-state index is 0.0902. The topological polar surface area (TPSA) is 63.2 Å². The first-order valence-electron chi connectivity index (χ1n) is 6.30. The van der Waals surface area contributed by atoms with Gasteiger partial charge in [0.25, 0.3) is 0 Å². The van der Waals surface area contributed by atoms with Crippen LogP contribution in [-0.4, -0.2) is 20.1 Å². The monoisotopic (exact) mass is 321 g/mol. The molecule has 0 saturated carbocycles. The molecule has 110 valence electrons. The molecule has 0 saturated heterocycles. The molecule has 1 N–H and O–H groups in total. The predicted octanol–water partition coefficient (Wildman–Crippen LogP) is 3.30. The highest BCUT2D eigenvalue weighted by molar-refractivity contribution is 7.94. The van der Waals surface area contributed by atoms with Gasteiger partial charge in [-0.15, -0.1) is 11.3 Å². The van der Waals surface area contributed by atoms with Crippen LogP contribution in [0.4, 0.5) is 5.69 Å². The number of carbonyl (C=O) groups is 1.